The van der Waals surface area contributed by atoms with Crippen molar-refractivity contribution in [3.05, 3.63) is 50.8 Å². The van der Waals surface area contributed by atoms with Crippen molar-refractivity contribution in [2.24, 2.45) is 5.18 Å². The van der Waals surface area contributed by atoms with Crippen molar-refractivity contribution in [1.29, 1.82) is 0 Å². The van der Waals surface area contributed by atoms with Gasteiger partial charge >= 0.3 is 0 Å². The van der Waals surface area contributed by atoms with Gasteiger partial charge < -0.3 is 9.84 Å². The zero-order valence-corrected chi connectivity index (χ0v) is 11.4. The monoisotopic (exact) mass is 304 g/mol. The molecular formula is C13H12N4O5. The van der Waals surface area contributed by atoms with Crippen LogP contribution in [-0.2, 0) is 0 Å². The topological polar surface area (TPSA) is 137 Å². The molecule has 0 aliphatic carbocycles. The number of anilines is 1. The van der Waals surface area contributed by atoms with E-state index in [1.165, 1.54) is 7.11 Å². The SMILES string of the molecule is COc1ccc(C(O)=Cc2nc(NO)c(N=O)[nH]c2=O)cc1. The number of nitrogens with one attached hydrogen (secondary N) is 2. The Balaban J connectivity index is 2.42. The number of aliphatic hydroxyl groups is 1. The van der Waals surface area contributed by atoms with Gasteiger partial charge in [-0.25, -0.2) is 10.5 Å². The minimum absolute atomic E-state index is 0.211. The Bertz CT molecular complexity index is 767. The number of hydrogen-bond donors (Lipinski definition) is 4. The molecule has 0 atom stereocenters. The Morgan fingerprint density at radius 2 is 2.09 bits per heavy atom. The highest BCUT2D eigenvalue weighted by atomic mass is 16.5. The van der Waals surface area contributed by atoms with Crippen LogP contribution in [0.3, 0.4) is 0 Å². The number of hydrogen-bond acceptors (Lipinski definition) is 8. The maximum atomic E-state index is 11.7. The van der Waals surface area contributed by atoms with E-state index in [-0.39, 0.29) is 17.3 Å². The fourth-order valence-corrected chi connectivity index (χ4v) is 1.67. The Morgan fingerprint density at radius 1 is 1.41 bits per heavy atom. The zero-order chi connectivity index (χ0) is 16.1. The molecule has 2 rings (SSSR count). The van der Waals surface area contributed by atoms with Gasteiger partial charge in [-0.2, -0.15) is 0 Å². The molecule has 0 radical (unpaired) electrons. The molecule has 1 heterocycles. The first-order chi connectivity index (χ1) is 10.6. The van der Waals surface area contributed by atoms with Crippen molar-refractivity contribution < 1.29 is 15.1 Å². The second-order valence-electron chi connectivity index (χ2n) is 4.11. The minimum atomic E-state index is -0.742. The summed E-state index contributed by atoms with van der Waals surface area (Å²) in [6.07, 6.45) is 1.09. The molecule has 0 saturated heterocycles. The molecule has 0 saturated carbocycles. The van der Waals surface area contributed by atoms with Crippen molar-refractivity contribution in [2.45, 2.75) is 0 Å². The predicted molar refractivity (Wildman–Crippen MR) is 79.2 cm³/mol. The van der Waals surface area contributed by atoms with E-state index in [1.807, 2.05) is 0 Å². The fraction of sp³-hybridized carbons (Fsp3) is 0.0769. The van der Waals surface area contributed by atoms with Gasteiger partial charge in [-0.05, 0) is 29.4 Å². The summed E-state index contributed by atoms with van der Waals surface area (Å²) in [5, 5.41) is 21.4. The third-order valence-corrected chi connectivity index (χ3v) is 2.78. The van der Waals surface area contributed by atoms with Crippen LogP contribution >= 0.6 is 0 Å². The molecule has 0 fully saturated rings. The van der Waals surface area contributed by atoms with E-state index in [1.54, 1.807) is 29.7 Å². The zero-order valence-electron chi connectivity index (χ0n) is 11.4. The van der Waals surface area contributed by atoms with Crippen LogP contribution in [0.1, 0.15) is 11.3 Å². The number of aromatic nitrogens is 2. The lowest BCUT2D eigenvalue weighted by Crippen LogP contribution is -2.13. The molecule has 4 N–H and O–H groups in total. The number of nitrogens with zero attached hydrogens (tertiary/aromatic N) is 2. The van der Waals surface area contributed by atoms with E-state index in [4.69, 9.17) is 9.94 Å². The molecule has 0 unspecified atom stereocenters. The molecule has 1 aromatic carbocycles. The molecule has 2 aromatic rings. The van der Waals surface area contributed by atoms with E-state index < -0.39 is 11.4 Å². The van der Waals surface area contributed by atoms with Gasteiger partial charge in [0.25, 0.3) is 5.56 Å². The molecular weight excluding hydrogens is 292 g/mol. The van der Waals surface area contributed by atoms with Crippen LogP contribution in [0, 0.1) is 4.91 Å². The van der Waals surface area contributed by atoms with Gasteiger partial charge in [0.05, 0.1) is 7.11 Å². The van der Waals surface area contributed by atoms with Gasteiger partial charge in [0, 0.05) is 11.6 Å². The average Bonchev–Trinajstić information content (AvgIpc) is 2.56. The smallest absolute Gasteiger partial charge is 0.275 e. The highest BCUT2D eigenvalue weighted by molar-refractivity contribution is 5.75. The van der Waals surface area contributed by atoms with E-state index >= 15 is 0 Å². The number of benzene rings is 1. The van der Waals surface area contributed by atoms with E-state index in [0.29, 0.717) is 11.3 Å². The van der Waals surface area contributed by atoms with Gasteiger partial charge in [-0.3, -0.25) is 15.0 Å². The number of methoxy groups -OCH3 is 1. The molecule has 0 amide bonds. The lowest BCUT2D eigenvalue weighted by molar-refractivity contribution is 0.385. The molecule has 114 valence electrons. The fourth-order valence-electron chi connectivity index (χ4n) is 1.67. The number of rotatable bonds is 5. The number of H-pyrrole nitrogens is 1. The van der Waals surface area contributed by atoms with Gasteiger partial charge in [-0.1, -0.05) is 0 Å². The molecule has 0 aliphatic rings. The normalized spacial score (nSPS) is 11.1. The average molecular weight is 304 g/mol. The number of ether oxygens (including phenoxy) is 1. The lowest BCUT2D eigenvalue weighted by Gasteiger charge is -2.04. The van der Waals surface area contributed by atoms with E-state index in [2.05, 4.69) is 15.1 Å². The first-order valence-electron chi connectivity index (χ1n) is 6.02. The van der Waals surface area contributed by atoms with E-state index in [0.717, 1.165) is 6.08 Å². The maximum absolute atomic E-state index is 11.7. The lowest BCUT2D eigenvalue weighted by atomic mass is 10.1. The molecule has 9 nitrogen and oxygen atoms in total. The van der Waals surface area contributed by atoms with Crippen LogP contribution in [0.2, 0.25) is 0 Å². The van der Waals surface area contributed by atoms with Crippen LogP contribution in [0.5, 0.6) is 5.75 Å². The first-order valence-corrected chi connectivity index (χ1v) is 6.02. The third-order valence-electron chi connectivity index (χ3n) is 2.78. The Kier molecular flexibility index (Phi) is 4.49. The highest BCUT2D eigenvalue weighted by Gasteiger charge is 2.10. The highest BCUT2D eigenvalue weighted by Crippen LogP contribution is 2.20. The number of aliphatic hydroxyl groups excluding tert-OH is 1. The summed E-state index contributed by atoms with van der Waals surface area (Å²) in [5.74, 6) is -0.394. The van der Waals surface area contributed by atoms with Crippen LogP contribution in [-0.4, -0.2) is 27.4 Å². The van der Waals surface area contributed by atoms with Gasteiger partial charge in [0.15, 0.2) is 5.82 Å². The van der Waals surface area contributed by atoms with Gasteiger partial charge in [-0.15, -0.1) is 4.91 Å². The Labute approximate surface area is 123 Å². The van der Waals surface area contributed by atoms with Gasteiger partial charge in [0.1, 0.15) is 17.2 Å². The summed E-state index contributed by atoms with van der Waals surface area (Å²) in [6.45, 7) is 0. The molecule has 22 heavy (non-hydrogen) atoms. The minimum Gasteiger partial charge on any atom is -0.507 e. The quantitative estimate of drug-likeness (QED) is 0.377. The largest absolute Gasteiger partial charge is 0.507 e. The molecule has 0 aliphatic heterocycles. The molecule has 0 spiro atoms. The second-order valence-corrected chi connectivity index (χ2v) is 4.11. The van der Waals surface area contributed by atoms with Crippen molar-refractivity contribution in [3.8, 4) is 5.75 Å². The second kappa shape index (κ2) is 6.50. The van der Waals surface area contributed by atoms with E-state index in [9.17, 15) is 14.8 Å². The standard InChI is InChI=1S/C13H12N4O5/c1-22-8-4-2-7(3-5-8)10(18)6-9-13(19)15-12(17-21)11(14-9)16-20/h2-6,18,20H,1H3,(H,14,16)(H,15,19). The summed E-state index contributed by atoms with van der Waals surface area (Å²) in [6, 6.07) is 6.45. The molecule has 1 aromatic heterocycles. The van der Waals surface area contributed by atoms with Crippen molar-refractivity contribution in [2.75, 3.05) is 12.6 Å². The van der Waals surface area contributed by atoms with Crippen LogP contribution < -0.4 is 15.8 Å². The van der Waals surface area contributed by atoms with Crippen LogP contribution in [0.25, 0.3) is 11.8 Å². The summed E-state index contributed by atoms with van der Waals surface area (Å²) in [5.41, 5.74) is 1.12. The van der Waals surface area contributed by atoms with Crippen molar-refractivity contribution >= 4 is 23.5 Å². The van der Waals surface area contributed by atoms with Gasteiger partial charge in [0.2, 0.25) is 5.82 Å². The molecule has 0 bridgehead atoms. The van der Waals surface area contributed by atoms with Crippen LogP contribution in [0.15, 0.2) is 34.2 Å². The van der Waals surface area contributed by atoms with Crippen LogP contribution in [0.4, 0.5) is 11.6 Å². The number of nitroso groups, excluding NO2 is 1. The summed E-state index contributed by atoms with van der Waals surface area (Å²) < 4.78 is 5.00. The third kappa shape index (κ3) is 3.10. The number of aromatic amines is 1. The van der Waals surface area contributed by atoms with Crippen molar-refractivity contribution in [3.63, 3.8) is 0 Å². The summed E-state index contributed by atoms with van der Waals surface area (Å²) >= 11 is 0. The molecule has 9 heteroatoms. The summed E-state index contributed by atoms with van der Waals surface area (Å²) in [4.78, 5) is 28.0. The first kappa shape index (κ1) is 15.2. The Hall–Kier alpha value is -3.20. The van der Waals surface area contributed by atoms with Crippen molar-refractivity contribution in [1.82, 2.24) is 9.97 Å². The maximum Gasteiger partial charge on any atom is 0.275 e. The predicted octanol–water partition coefficient (Wildman–Crippen LogP) is 2.03. The Morgan fingerprint density at radius 3 is 2.64 bits per heavy atom. The summed E-state index contributed by atoms with van der Waals surface area (Å²) in [7, 11) is 1.51.